The van der Waals surface area contributed by atoms with Crippen molar-refractivity contribution >= 4 is 23.0 Å². The molecule has 2 aromatic rings. The SMILES string of the molecule is Cc1cccc([C@H]2C3=C(N=C4CC(C)(C)CC(=O)[C@H]42)c2ccccc2C3=O)c1. The van der Waals surface area contributed by atoms with Gasteiger partial charge in [0.25, 0.3) is 0 Å². The van der Waals surface area contributed by atoms with Crippen molar-refractivity contribution in [3.05, 3.63) is 76.4 Å². The Kier molecular flexibility index (Phi) is 3.61. The molecule has 2 atom stereocenters. The van der Waals surface area contributed by atoms with Crippen molar-refractivity contribution in [2.24, 2.45) is 16.3 Å². The number of aliphatic imine (C=N–C) groups is 1. The lowest BCUT2D eigenvalue weighted by Gasteiger charge is -2.40. The lowest BCUT2D eigenvalue weighted by molar-refractivity contribution is -0.124. The van der Waals surface area contributed by atoms with Crippen molar-refractivity contribution in [2.45, 2.75) is 39.5 Å². The second kappa shape index (κ2) is 5.84. The van der Waals surface area contributed by atoms with E-state index in [1.165, 1.54) is 0 Å². The molecule has 0 bridgehead atoms. The van der Waals surface area contributed by atoms with Crippen molar-refractivity contribution in [3.63, 3.8) is 0 Å². The topological polar surface area (TPSA) is 46.5 Å². The van der Waals surface area contributed by atoms with Crippen LogP contribution in [0.1, 0.15) is 59.7 Å². The number of hydrogen-bond acceptors (Lipinski definition) is 3. The van der Waals surface area contributed by atoms with Crippen LogP contribution in [0.3, 0.4) is 0 Å². The Bertz CT molecular complexity index is 1100. The van der Waals surface area contributed by atoms with Crippen LogP contribution in [-0.2, 0) is 4.79 Å². The Morgan fingerprint density at radius 1 is 0.929 bits per heavy atom. The van der Waals surface area contributed by atoms with Gasteiger partial charge in [-0.25, -0.2) is 0 Å². The van der Waals surface area contributed by atoms with Gasteiger partial charge >= 0.3 is 0 Å². The lowest BCUT2D eigenvalue weighted by atomic mass is 9.63. The Labute approximate surface area is 165 Å². The normalized spacial score (nSPS) is 25.2. The molecule has 28 heavy (non-hydrogen) atoms. The quantitative estimate of drug-likeness (QED) is 0.698. The summed E-state index contributed by atoms with van der Waals surface area (Å²) in [7, 11) is 0. The van der Waals surface area contributed by atoms with E-state index in [1.807, 2.05) is 43.3 Å². The molecule has 3 aliphatic rings. The third-order valence-electron chi connectivity index (χ3n) is 6.25. The highest BCUT2D eigenvalue weighted by Crippen LogP contribution is 2.51. The number of carbonyl (C=O) groups is 2. The number of Topliss-reactive ketones (excluding diaryl/α,β-unsaturated/α-hetero) is 2. The summed E-state index contributed by atoms with van der Waals surface area (Å²) >= 11 is 0. The van der Waals surface area contributed by atoms with Crippen LogP contribution in [0.15, 0.2) is 59.1 Å². The standard InChI is InChI=1S/C25H23NO2/c1-14-7-6-8-15(11-14)20-21-18(12-25(2,3)13-19(21)27)26-23-16-9-4-5-10-17(16)24(28)22(20)23/h4-11,20-21H,12-13H2,1-3H3/t20-,21+/m1/s1. The van der Waals surface area contributed by atoms with Crippen LogP contribution in [0.5, 0.6) is 0 Å². The highest BCUT2D eigenvalue weighted by Gasteiger charge is 2.49. The van der Waals surface area contributed by atoms with Gasteiger partial charge in [0.2, 0.25) is 0 Å². The number of hydrogen-bond donors (Lipinski definition) is 0. The molecule has 140 valence electrons. The van der Waals surface area contributed by atoms with E-state index >= 15 is 0 Å². The average Bonchev–Trinajstić information content (AvgIpc) is 2.92. The molecule has 2 aliphatic carbocycles. The first-order valence-electron chi connectivity index (χ1n) is 9.91. The predicted octanol–water partition coefficient (Wildman–Crippen LogP) is 5.15. The molecule has 3 heteroatoms. The Hall–Kier alpha value is -2.81. The predicted molar refractivity (Wildman–Crippen MR) is 111 cm³/mol. The zero-order valence-electron chi connectivity index (χ0n) is 16.5. The van der Waals surface area contributed by atoms with Gasteiger partial charge in [0.05, 0.1) is 11.6 Å². The number of rotatable bonds is 1. The molecule has 0 aromatic heterocycles. The summed E-state index contributed by atoms with van der Waals surface area (Å²) in [5.74, 6) is -0.341. The fourth-order valence-electron chi connectivity index (χ4n) is 5.14. The smallest absolute Gasteiger partial charge is 0.192 e. The van der Waals surface area contributed by atoms with Crippen LogP contribution >= 0.6 is 0 Å². The Morgan fingerprint density at radius 2 is 1.68 bits per heavy atom. The van der Waals surface area contributed by atoms with Gasteiger partial charge in [-0.15, -0.1) is 0 Å². The van der Waals surface area contributed by atoms with Gasteiger partial charge in [-0.1, -0.05) is 67.9 Å². The van der Waals surface area contributed by atoms with Gasteiger partial charge in [0, 0.05) is 34.8 Å². The van der Waals surface area contributed by atoms with E-state index < -0.39 is 0 Å². The zero-order valence-corrected chi connectivity index (χ0v) is 16.5. The van der Waals surface area contributed by atoms with E-state index in [-0.39, 0.29) is 28.8 Å². The van der Waals surface area contributed by atoms with Crippen molar-refractivity contribution in [3.8, 4) is 0 Å². The third-order valence-corrected chi connectivity index (χ3v) is 6.25. The molecule has 1 fully saturated rings. The molecule has 0 radical (unpaired) electrons. The van der Waals surface area contributed by atoms with Gasteiger partial charge in [0.1, 0.15) is 5.78 Å². The molecule has 1 heterocycles. The van der Waals surface area contributed by atoms with E-state index in [1.54, 1.807) is 0 Å². The first-order valence-corrected chi connectivity index (χ1v) is 9.91. The monoisotopic (exact) mass is 369 g/mol. The first-order chi connectivity index (χ1) is 13.4. The molecule has 1 aliphatic heterocycles. The van der Waals surface area contributed by atoms with Crippen LogP contribution in [0.4, 0.5) is 0 Å². The minimum atomic E-state index is -0.327. The summed E-state index contributed by atoms with van der Waals surface area (Å²) in [5.41, 5.74) is 6.12. The van der Waals surface area contributed by atoms with E-state index in [0.29, 0.717) is 17.6 Å². The summed E-state index contributed by atoms with van der Waals surface area (Å²) in [6.07, 6.45) is 1.32. The van der Waals surface area contributed by atoms with Crippen LogP contribution in [0, 0.1) is 18.3 Å². The minimum Gasteiger partial charge on any atom is -0.299 e. The molecule has 0 saturated heterocycles. The number of allylic oxidation sites excluding steroid dienone is 1. The summed E-state index contributed by atoms with van der Waals surface area (Å²) in [6, 6.07) is 15.9. The Balaban J connectivity index is 1.77. The minimum absolute atomic E-state index is 0.0255. The lowest BCUT2D eigenvalue weighted by Crippen LogP contribution is -2.43. The van der Waals surface area contributed by atoms with E-state index in [4.69, 9.17) is 4.99 Å². The molecule has 3 nitrogen and oxygen atoms in total. The van der Waals surface area contributed by atoms with Crippen molar-refractivity contribution < 1.29 is 9.59 Å². The van der Waals surface area contributed by atoms with Gasteiger partial charge in [-0.3, -0.25) is 14.6 Å². The summed E-state index contributed by atoms with van der Waals surface area (Å²) in [5, 5.41) is 0. The molecular formula is C25H23NO2. The third kappa shape index (κ3) is 2.46. The highest BCUT2D eigenvalue weighted by atomic mass is 16.1. The van der Waals surface area contributed by atoms with Crippen LogP contribution in [0.25, 0.3) is 5.70 Å². The fraction of sp³-hybridized carbons (Fsp3) is 0.320. The number of nitrogens with zero attached hydrogens (tertiary/aromatic N) is 1. The molecule has 0 spiro atoms. The maximum Gasteiger partial charge on any atom is 0.192 e. The van der Waals surface area contributed by atoms with Crippen LogP contribution < -0.4 is 0 Å². The van der Waals surface area contributed by atoms with Crippen molar-refractivity contribution in [1.82, 2.24) is 0 Å². The van der Waals surface area contributed by atoms with Gasteiger partial charge in [0.15, 0.2) is 5.78 Å². The molecule has 2 aromatic carbocycles. The number of ketones is 2. The molecule has 0 amide bonds. The zero-order chi connectivity index (χ0) is 19.6. The van der Waals surface area contributed by atoms with Crippen LogP contribution in [0.2, 0.25) is 0 Å². The molecule has 1 saturated carbocycles. The van der Waals surface area contributed by atoms with Gasteiger partial charge < -0.3 is 0 Å². The first kappa shape index (κ1) is 17.3. The maximum absolute atomic E-state index is 13.4. The van der Waals surface area contributed by atoms with Gasteiger partial charge in [-0.05, 0) is 24.3 Å². The number of aryl methyl sites for hydroxylation is 1. The molecular weight excluding hydrogens is 346 g/mol. The average molecular weight is 369 g/mol. The second-order valence-corrected chi connectivity index (χ2v) is 9.09. The van der Waals surface area contributed by atoms with Crippen molar-refractivity contribution in [1.29, 1.82) is 0 Å². The summed E-state index contributed by atoms with van der Waals surface area (Å²) in [4.78, 5) is 31.6. The molecule has 5 rings (SSSR count). The number of benzene rings is 2. The maximum atomic E-state index is 13.4. The van der Waals surface area contributed by atoms with Crippen molar-refractivity contribution in [2.75, 3.05) is 0 Å². The van der Waals surface area contributed by atoms with E-state index in [0.717, 1.165) is 34.5 Å². The van der Waals surface area contributed by atoms with E-state index in [2.05, 4.69) is 26.0 Å². The molecule has 0 N–H and O–H groups in total. The summed E-state index contributed by atoms with van der Waals surface area (Å²) in [6.45, 7) is 6.31. The fourth-order valence-corrected chi connectivity index (χ4v) is 5.14. The number of fused-ring (bicyclic) bond motifs is 3. The second-order valence-electron chi connectivity index (χ2n) is 9.09. The van der Waals surface area contributed by atoms with Gasteiger partial charge in [-0.2, -0.15) is 0 Å². The molecule has 0 unspecified atom stereocenters. The largest absolute Gasteiger partial charge is 0.299 e. The highest BCUT2D eigenvalue weighted by molar-refractivity contribution is 6.25. The van der Waals surface area contributed by atoms with Crippen LogP contribution in [-0.4, -0.2) is 17.3 Å². The Morgan fingerprint density at radius 3 is 2.43 bits per heavy atom. The van der Waals surface area contributed by atoms with E-state index in [9.17, 15) is 9.59 Å². The summed E-state index contributed by atoms with van der Waals surface area (Å²) < 4.78 is 0. The number of carbonyl (C=O) groups excluding carboxylic acids is 2.